The number of hydrogen-bond acceptors (Lipinski definition) is 5. The lowest BCUT2D eigenvalue weighted by atomic mass is 9.90. The number of fused-ring (bicyclic) bond motifs is 1. The molecule has 2 unspecified atom stereocenters. The molecule has 1 aliphatic heterocycles. The third kappa shape index (κ3) is 4.31. The number of aromatic nitrogens is 3. The third-order valence-corrected chi connectivity index (χ3v) is 5.54. The summed E-state index contributed by atoms with van der Waals surface area (Å²) in [5.41, 5.74) is 1.64. The zero-order valence-corrected chi connectivity index (χ0v) is 16.7. The van der Waals surface area contributed by atoms with E-state index in [1.165, 1.54) is 6.20 Å². The Labute approximate surface area is 169 Å². The number of anilines is 1. The molecule has 0 spiro atoms. The molecule has 2 aromatic rings. The molecule has 8 heteroatoms. The summed E-state index contributed by atoms with van der Waals surface area (Å²) in [6.45, 7) is 2.75. The van der Waals surface area contributed by atoms with E-state index in [-0.39, 0.29) is 23.8 Å². The highest BCUT2D eigenvalue weighted by atomic mass is 19.1. The number of carbonyl (C=O) groups is 1. The van der Waals surface area contributed by atoms with Gasteiger partial charge in [0.1, 0.15) is 5.49 Å². The standard InChI is InChI=1S/C21H27FN6O/c1-2-6-18(29)26-16-8-3-4-9-17(16)27-21-15(22)12-25-20(28-21)14-11-24-19-13(14)7-5-10-23-19/h7,11-12,16-17H,2-6,8-10H2,1H3,(H,23,24)(H,26,29)(H,25,27,28). The van der Waals surface area contributed by atoms with Gasteiger partial charge in [0.15, 0.2) is 17.5 Å². The van der Waals surface area contributed by atoms with Crippen LogP contribution in [0.4, 0.5) is 10.2 Å². The number of hydrogen-bond donors (Lipinski definition) is 3. The van der Waals surface area contributed by atoms with Gasteiger partial charge in [0.2, 0.25) is 5.91 Å². The summed E-state index contributed by atoms with van der Waals surface area (Å²) in [5, 5.41) is 7.32. The van der Waals surface area contributed by atoms with Crippen molar-refractivity contribution < 1.29 is 9.18 Å². The highest BCUT2D eigenvalue weighted by molar-refractivity contribution is 5.76. The molecule has 2 aromatic heterocycles. The molecule has 1 amide bonds. The molecule has 4 rings (SSSR count). The van der Waals surface area contributed by atoms with Crippen molar-refractivity contribution in [2.75, 3.05) is 11.9 Å². The number of halogens is 1. The quantitative estimate of drug-likeness (QED) is 0.694. The van der Waals surface area contributed by atoms with Gasteiger partial charge in [0.25, 0.3) is 0 Å². The summed E-state index contributed by atoms with van der Waals surface area (Å²) < 4.78 is 14.5. The Balaban J connectivity index is 1.58. The van der Waals surface area contributed by atoms with E-state index >= 15 is 0 Å². The van der Waals surface area contributed by atoms with Crippen LogP contribution >= 0.6 is 0 Å². The fraction of sp³-hybridized carbons (Fsp3) is 0.524. The first-order valence-electron chi connectivity index (χ1n) is 10.5. The normalized spacial score (nSPS) is 20.9. The van der Waals surface area contributed by atoms with Crippen LogP contribution in [0.1, 0.15) is 51.9 Å². The highest BCUT2D eigenvalue weighted by Crippen LogP contribution is 2.24. The highest BCUT2D eigenvalue weighted by Gasteiger charge is 2.27. The summed E-state index contributed by atoms with van der Waals surface area (Å²) in [7, 11) is 0. The number of nitrogens with zero attached hydrogens (tertiary/aromatic N) is 3. The van der Waals surface area contributed by atoms with Gasteiger partial charge in [-0.05, 0) is 25.7 Å². The van der Waals surface area contributed by atoms with Crippen LogP contribution in [0, 0.1) is 5.82 Å². The van der Waals surface area contributed by atoms with Crippen molar-refractivity contribution in [3.8, 4) is 11.4 Å². The summed E-state index contributed by atoms with van der Waals surface area (Å²) in [4.78, 5) is 28.3. The number of amides is 1. The van der Waals surface area contributed by atoms with E-state index in [2.05, 4.69) is 36.7 Å². The van der Waals surface area contributed by atoms with E-state index < -0.39 is 5.82 Å². The van der Waals surface area contributed by atoms with Gasteiger partial charge in [-0.15, -0.1) is 0 Å². The average molecular weight is 398 g/mol. The van der Waals surface area contributed by atoms with E-state index in [0.717, 1.165) is 61.3 Å². The first-order valence-corrected chi connectivity index (χ1v) is 10.5. The van der Waals surface area contributed by atoms with Crippen molar-refractivity contribution in [1.82, 2.24) is 20.3 Å². The van der Waals surface area contributed by atoms with Gasteiger partial charge in [-0.1, -0.05) is 25.8 Å². The molecule has 0 radical (unpaired) electrons. The maximum absolute atomic E-state index is 14.5. The average Bonchev–Trinajstić information content (AvgIpc) is 3.15. The van der Waals surface area contributed by atoms with Crippen LogP contribution in [0.15, 0.2) is 17.4 Å². The zero-order valence-electron chi connectivity index (χ0n) is 16.7. The van der Waals surface area contributed by atoms with E-state index in [9.17, 15) is 9.18 Å². The monoisotopic (exact) mass is 398 g/mol. The van der Waals surface area contributed by atoms with Crippen LogP contribution in [-0.4, -0.2) is 39.5 Å². The third-order valence-electron chi connectivity index (χ3n) is 5.54. The molecule has 2 aliphatic rings. The molecule has 1 saturated carbocycles. The van der Waals surface area contributed by atoms with Crippen LogP contribution in [-0.2, 0) is 4.79 Å². The molecule has 0 saturated heterocycles. The number of carbonyl (C=O) groups excluding carboxylic acids is 1. The van der Waals surface area contributed by atoms with Crippen LogP contribution in [0.25, 0.3) is 17.5 Å². The minimum Gasteiger partial charge on any atom is -0.363 e. The number of nitrogens with one attached hydrogen (secondary N) is 3. The molecule has 2 atom stereocenters. The maximum Gasteiger partial charge on any atom is 0.220 e. The molecule has 1 aliphatic carbocycles. The lowest BCUT2D eigenvalue weighted by molar-refractivity contribution is -0.122. The van der Waals surface area contributed by atoms with Crippen molar-refractivity contribution in [2.45, 2.75) is 64.0 Å². The minimum absolute atomic E-state index is 0.0206. The van der Waals surface area contributed by atoms with E-state index in [4.69, 9.17) is 0 Å². The van der Waals surface area contributed by atoms with E-state index in [0.29, 0.717) is 12.2 Å². The van der Waals surface area contributed by atoms with E-state index in [1.807, 2.05) is 13.1 Å². The number of aromatic amines is 1. The largest absolute Gasteiger partial charge is 0.363 e. The van der Waals surface area contributed by atoms with Gasteiger partial charge in [-0.2, -0.15) is 0 Å². The number of H-pyrrole nitrogens is 1. The molecule has 7 nitrogen and oxygen atoms in total. The van der Waals surface area contributed by atoms with Crippen LogP contribution < -0.4 is 21.3 Å². The fourth-order valence-electron chi connectivity index (χ4n) is 4.09. The smallest absolute Gasteiger partial charge is 0.220 e. The Morgan fingerprint density at radius 2 is 2.14 bits per heavy atom. The second kappa shape index (κ2) is 8.71. The molecule has 29 heavy (non-hydrogen) atoms. The van der Waals surface area contributed by atoms with Crippen LogP contribution in [0.3, 0.4) is 0 Å². The predicted molar refractivity (Wildman–Crippen MR) is 109 cm³/mol. The number of rotatable bonds is 6. The van der Waals surface area contributed by atoms with Crippen LogP contribution in [0.5, 0.6) is 0 Å². The van der Waals surface area contributed by atoms with Gasteiger partial charge < -0.3 is 15.6 Å². The predicted octanol–water partition coefficient (Wildman–Crippen LogP) is 2.05. The Morgan fingerprint density at radius 3 is 2.97 bits per heavy atom. The Bertz CT molecular complexity index is 1000. The van der Waals surface area contributed by atoms with Gasteiger partial charge in [0, 0.05) is 42.0 Å². The van der Waals surface area contributed by atoms with Gasteiger partial charge in [0.05, 0.1) is 6.20 Å². The summed E-state index contributed by atoms with van der Waals surface area (Å²) >= 11 is 0. The second-order valence-electron chi connectivity index (χ2n) is 7.69. The Kier molecular flexibility index (Phi) is 5.87. The summed E-state index contributed by atoms with van der Waals surface area (Å²) in [5.74, 6) is 0.200. The molecule has 0 bridgehead atoms. The molecule has 0 aromatic carbocycles. The van der Waals surface area contributed by atoms with Gasteiger partial charge >= 0.3 is 0 Å². The lowest BCUT2D eigenvalue weighted by Gasteiger charge is -2.33. The first-order chi connectivity index (χ1) is 14.2. The molecular formula is C21H27FN6O. The van der Waals surface area contributed by atoms with Crippen molar-refractivity contribution in [1.29, 1.82) is 0 Å². The van der Waals surface area contributed by atoms with E-state index in [1.54, 1.807) is 0 Å². The molecule has 3 heterocycles. The first kappa shape index (κ1) is 19.5. The van der Waals surface area contributed by atoms with Crippen molar-refractivity contribution in [3.63, 3.8) is 0 Å². The zero-order chi connectivity index (χ0) is 20.2. The van der Waals surface area contributed by atoms with Crippen molar-refractivity contribution in [3.05, 3.63) is 28.9 Å². The van der Waals surface area contributed by atoms with Crippen LogP contribution in [0.2, 0.25) is 0 Å². The van der Waals surface area contributed by atoms with Crippen molar-refractivity contribution in [2.24, 2.45) is 4.99 Å². The second-order valence-corrected chi connectivity index (χ2v) is 7.69. The minimum atomic E-state index is -0.490. The van der Waals surface area contributed by atoms with Gasteiger partial charge in [-0.3, -0.25) is 9.79 Å². The Morgan fingerprint density at radius 1 is 1.31 bits per heavy atom. The summed E-state index contributed by atoms with van der Waals surface area (Å²) in [6.07, 6.45) is 11.2. The lowest BCUT2D eigenvalue weighted by Crippen LogP contribution is -2.48. The topological polar surface area (TPSA) is 95.1 Å². The molecule has 1 fully saturated rings. The van der Waals surface area contributed by atoms with Crippen molar-refractivity contribution >= 4 is 17.8 Å². The molecule has 154 valence electrons. The Hall–Kier alpha value is -2.77. The fourth-order valence-corrected chi connectivity index (χ4v) is 4.09. The molecule has 3 N–H and O–H groups in total. The maximum atomic E-state index is 14.5. The summed E-state index contributed by atoms with van der Waals surface area (Å²) in [6, 6.07) is -0.0729. The molecular weight excluding hydrogens is 371 g/mol. The van der Waals surface area contributed by atoms with Gasteiger partial charge in [-0.25, -0.2) is 14.4 Å². The SMILES string of the molecule is CCCC(=O)NC1CCCCC1Nc1nc(-c2c[nH]c3c2=CCCN=3)ncc1F.